The minimum atomic E-state index is -0.495. The Morgan fingerprint density at radius 3 is 2.56 bits per heavy atom. The highest BCUT2D eigenvalue weighted by Crippen LogP contribution is 2.31. The average molecular weight is 378 g/mol. The lowest BCUT2D eigenvalue weighted by molar-refractivity contribution is -0.116. The molecule has 0 amide bonds. The third-order valence-corrected chi connectivity index (χ3v) is 4.15. The molecule has 0 N–H and O–H groups in total. The number of benzene rings is 1. The number of halogens is 2. The van der Waals surface area contributed by atoms with Crippen LogP contribution in [0.15, 0.2) is 18.2 Å². The highest BCUT2D eigenvalue weighted by atomic mass is 79.9. The number of hydrogen-bond acceptors (Lipinski definition) is 3. The zero-order valence-corrected chi connectivity index (χ0v) is 13.4. The summed E-state index contributed by atoms with van der Waals surface area (Å²) in [4.78, 5) is 22.9. The third kappa shape index (κ3) is 3.42. The highest BCUT2D eigenvalue weighted by Gasteiger charge is 2.23. The molecule has 0 aliphatic rings. The quantitative estimate of drug-likeness (QED) is 0.579. The lowest BCUT2D eigenvalue weighted by atomic mass is 9.97. The summed E-state index contributed by atoms with van der Waals surface area (Å²) in [6.07, 6.45) is 0. The van der Waals surface area contributed by atoms with Gasteiger partial charge in [-0.2, -0.15) is 0 Å². The van der Waals surface area contributed by atoms with Crippen LogP contribution >= 0.6 is 31.9 Å². The molecule has 0 aromatic heterocycles. The summed E-state index contributed by atoms with van der Waals surface area (Å²) >= 11 is 6.70. The number of rotatable bonds is 5. The molecule has 1 aromatic carbocycles. The van der Waals surface area contributed by atoms with Crippen LogP contribution in [0.3, 0.4) is 0 Å². The first kappa shape index (κ1) is 15.4. The van der Waals surface area contributed by atoms with E-state index in [1.165, 1.54) is 6.92 Å². The molecule has 0 saturated heterocycles. The van der Waals surface area contributed by atoms with Gasteiger partial charge in [-0.05, 0) is 31.0 Å². The van der Waals surface area contributed by atoms with Crippen LogP contribution in [-0.4, -0.2) is 18.4 Å². The molecule has 1 rings (SSSR count). The highest BCUT2D eigenvalue weighted by molar-refractivity contribution is 9.09. The van der Waals surface area contributed by atoms with Gasteiger partial charge in [-0.15, -0.1) is 0 Å². The first-order chi connectivity index (χ1) is 8.52. The fraction of sp³-hybridized carbons (Fsp3) is 0.385. The second kappa shape index (κ2) is 7.04. The van der Waals surface area contributed by atoms with E-state index >= 15 is 0 Å². The van der Waals surface area contributed by atoms with E-state index < -0.39 is 10.8 Å². The van der Waals surface area contributed by atoms with E-state index in [0.717, 1.165) is 5.56 Å². The molecule has 18 heavy (non-hydrogen) atoms. The summed E-state index contributed by atoms with van der Waals surface area (Å²) in [5.41, 5.74) is 2.02. The van der Waals surface area contributed by atoms with Crippen molar-refractivity contribution in [2.24, 2.45) is 0 Å². The Kier molecular flexibility index (Phi) is 6.02. The Labute approximate surface area is 123 Å². The zero-order chi connectivity index (χ0) is 13.7. The Balaban J connectivity index is 3.33. The molecule has 0 heterocycles. The molecule has 1 atom stereocenters. The van der Waals surface area contributed by atoms with Crippen LogP contribution in [-0.2, 0) is 14.9 Å². The predicted molar refractivity (Wildman–Crippen MR) is 77.4 cm³/mol. The maximum absolute atomic E-state index is 11.9. The maximum Gasteiger partial charge on any atom is 0.338 e. The third-order valence-electron chi connectivity index (χ3n) is 2.45. The van der Waals surface area contributed by atoms with Gasteiger partial charge in [0, 0.05) is 5.33 Å². The molecule has 98 valence electrons. The van der Waals surface area contributed by atoms with Crippen LogP contribution in [0.1, 0.15) is 40.2 Å². The Hall–Kier alpha value is -0.680. The van der Waals surface area contributed by atoms with Crippen LogP contribution in [0.4, 0.5) is 0 Å². The number of carbonyl (C=O) groups excluding carboxylic acids is 2. The van der Waals surface area contributed by atoms with Gasteiger partial charge < -0.3 is 4.74 Å². The van der Waals surface area contributed by atoms with Gasteiger partial charge in [-0.1, -0.05) is 44.0 Å². The number of esters is 1. The molecule has 3 nitrogen and oxygen atoms in total. The Morgan fingerprint density at radius 2 is 2.06 bits per heavy atom. The van der Waals surface area contributed by atoms with Gasteiger partial charge in [0.15, 0.2) is 0 Å². The van der Waals surface area contributed by atoms with E-state index in [4.69, 9.17) is 4.74 Å². The second-order valence-corrected chi connectivity index (χ2v) is 5.18. The summed E-state index contributed by atoms with van der Waals surface area (Å²) in [5.74, 6) is -0.449. The molecule has 0 fully saturated rings. The predicted octanol–water partition coefficient (Wildman–Crippen LogP) is 3.78. The monoisotopic (exact) mass is 376 g/mol. The van der Waals surface area contributed by atoms with Crippen molar-refractivity contribution in [3.63, 3.8) is 0 Å². The SMILES string of the molecule is CCOC(=O)c1cccc(CBr)c1C(Br)C(C)=O. The van der Waals surface area contributed by atoms with Crippen molar-refractivity contribution in [2.75, 3.05) is 6.61 Å². The topological polar surface area (TPSA) is 43.4 Å². The van der Waals surface area contributed by atoms with Crippen LogP contribution in [0.2, 0.25) is 0 Å². The van der Waals surface area contributed by atoms with Crippen molar-refractivity contribution < 1.29 is 14.3 Å². The molecule has 0 radical (unpaired) electrons. The van der Waals surface area contributed by atoms with Gasteiger partial charge in [-0.3, -0.25) is 4.79 Å². The standard InChI is InChI=1S/C13H14Br2O3/c1-3-18-13(17)10-6-4-5-9(7-14)11(10)12(15)8(2)16/h4-6,12H,3,7H2,1-2H3. The lowest BCUT2D eigenvalue weighted by Crippen LogP contribution is -2.14. The Morgan fingerprint density at radius 1 is 1.39 bits per heavy atom. The van der Waals surface area contributed by atoms with E-state index in [0.29, 0.717) is 23.1 Å². The van der Waals surface area contributed by atoms with Crippen molar-refractivity contribution in [1.82, 2.24) is 0 Å². The number of Topliss-reactive ketones (excluding diaryl/α,β-unsaturated/α-hetero) is 1. The van der Waals surface area contributed by atoms with Crippen molar-refractivity contribution in [2.45, 2.75) is 24.0 Å². The largest absolute Gasteiger partial charge is 0.462 e. The molecule has 0 saturated carbocycles. The van der Waals surface area contributed by atoms with Crippen LogP contribution in [0, 0.1) is 0 Å². The minimum Gasteiger partial charge on any atom is -0.462 e. The molecular formula is C13H14Br2O3. The molecule has 0 bridgehead atoms. The fourth-order valence-corrected chi connectivity index (χ4v) is 2.65. The normalized spacial score (nSPS) is 12.0. The van der Waals surface area contributed by atoms with Crippen LogP contribution in [0.5, 0.6) is 0 Å². The molecule has 0 spiro atoms. The zero-order valence-electron chi connectivity index (χ0n) is 10.2. The van der Waals surface area contributed by atoms with Crippen molar-refractivity contribution >= 4 is 43.6 Å². The first-order valence-electron chi connectivity index (χ1n) is 5.52. The maximum atomic E-state index is 11.9. The van der Waals surface area contributed by atoms with Gasteiger partial charge in [0.2, 0.25) is 0 Å². The molecular weight excluding hydrogens is 364 g/mol. The number of ether oxygens (including phenoxy) is 1. The van der Waals surface area contributed by atoms with E-state index in [1.54, 1.807) is 19.1 Å². The van der Waals surface area contributed by atoms with Gasteiger partial charge in [-0.25, -0.2) is 4.79 Å². The average Bonchev–Trinajstić information content (AvgIpc) is 2.37. The number of hydrogen-bond donors (Lipinski definition) is 0. The van der Waals surface area contributed by atoms with Crippen molar-refractivity contribution in [3.8, 4) is 0 Å². The summed E-state index contributed by atoms with van der Waals surface area (Å²) in [7, 11) is 0. The lowest BCUT2D eigenvalue weighted by Gasteiger charge is -2.15. The van der Waals surface area contributed by atoms with Crippen LogP contribution < -0.4 is 0 Å². The Bertz CT molecular complexity index is 458. The molecule has 5 heteroatoms. The second-order valence-electron chi connectivity index (χ2n) is 3.71. The minimum absolute atomic E-state index is 0.0473. The fourth-order valence-electron chi connectivity index (χ4n) is 1.62. The number of alkyl halides is 2. The van der Waals surface area contributed by atoms with Crippen molar-refractivity contribution in [3.05, 3.63) is 34.9 Å². The molecule has 1 aromatic rings. The molecule has 0 aliphatic heterocycles. The summed E-state index contributed by atoms with van der Waals surface area (Å²) < 4.78 is 5.01. The van der Waals surface area contributed by atoms with Gasteiger partial charge in [0.1, 0.15) is 5.78 Å². The number of ketones is 1. The number of carbonyl (C=O) groups is 2. The van der Waals surface area contributed by atoms with Gasteiger partial charge >= 0.3 is 5.97 Å². The van der Waals surface area contributed by atoms with Crippen molar-refractivity contribution in [1.29, 1.82) is 0 Å². The summed E-state index contributed by atoms with van der Waals surface area (Å²) in [6, 6.07) is 5.34. The molecule has 0 aliphatic carbocycles. The van der Waals surface area contributed by atoms with E-state index in [-0.39, 0.29) is 5.78 Å². The van der Waals surface area contributed by atoms with Gasteiger partial charge in [0.05, 0.1) is 17.0 Å². The van der Waals surface area contributed by atoms with E-state index in [9.17, 15) is 9.59 Å². The first-order valence-corrected chi connectivity index (χ1v) is 7.56. The summed E-state index contributed by atoms with van der Waals surface area (Å²) in [5, 5.41) is 0.574. The van der Waals surface area contributed by atoms with E-state index in [1.807, 2.05) is 6.07 Å². The van der Waals surface area contributed by atoms with Gasteiger partial charge in [0.25, 0.3) is 0 Å². The smallest absolute Gasteiger partial charge is 0.338 e. The molecule has 1 unspecified atom stereocenters. The van der Waals surface area contributed by atoms with E-state index in [2.05, 4.69) is 31.9 Å². The summed E-state index contributed by atoms with van der Waals surface area (Å²) in [6.45, 7) is 3.55. The van der Waals surface area contributed by atoms with Crippen LogP contribution in [0.25, 0.3) is 0 Å².